The highest BCUT2D eigenvalue weighted by Crippen LogP contribution is 2.34. The van der Waals surface area contributed by atoms with Gasteiger partial charge >= 0.3 is 0 Å². The third-order valence-corrected chi connectivity index (χ3v) is 6.24. The molecule has 1 N–H and O–H groups in total. The Bertz CT molecular complexity index is 696. The summed E-state index contributed by atoms with van der Waals surface area (Å²) in [5.41, 5.74) is -0.0598. The third-order valence-electron chi connectivity index (χ3n) is 6.24. The van der Waals surface area contributed by atoms with Crippen molar-refractivity contribution in [3.63, 3.8) is 0 Å². The lowest BCUT2D eigenvalue weighted by Crippen LogP contribution is -2.59. The average molecular weight is 391 g/mol. The number of rotatable bonds is 6. The molecule has 2 fully saturated rings. The first kappa shape index (κ1) is 20.9. The minimum atomic E-state index is -1.30. The highest BCUT2D eigenvalue weighted by atomic mass is 16.5. The fraction of sp³-hybridized carbons (Fsp3) is 0.682. The smallest absolute Gasteiger partial charge is 0.256 e. The number of para-hydroxylation sites is 1. The normalized spacial score (nSPS) is 25.6. The Hall–Kier alpha value is -1.79. The molecule has 156 valence electrons. The van der Waals surface area contributed by atoms with Crippen LogP contribution >= 0.6 is 0 Å². The Kier molecular flexibility index (Phi) is 6.20. The van der Waals surface area contributed by atoms with Gasteiger partial charge in [-0.25, -0.2) is 0 Å². The van der Waals surface area contributed by atoms with Crippen LogP contribution in [-0.2, 0) is 11.3 Å². The van der Waals surface area contributed by atoms with Crippen molar-refractivity contribution in [2.75, 3.05) is 40.4 Å². The number of carbonyl (C=O) groups excluding carboxylic acids is 1. The van der Waals surface area contributed by atoms with E-state index in [1.54, 1.807) is 19.1 Å². The number of β-amino-alcohol motifs (C(OH)–C–C–N with tert-alkyl or cyclic N) is 1. The van der Waals surface area contributed by atoms with Crippen molar-refractivity contribution < 1.29 is 19.4 Å². The summed E-state index contributed by atoms with van der Waals surface area (Å²) in [7, 11) is 3.21. The van der Waals surface area contributed by atoms with E-state index in [0.717, 1.165) is 37.9 Å². The molecule has 2 aliphatic heterocycles. The van der Waals surface area contributed by atoms with Crippen molar-refractivity contribution in [3.05, 3.63) is 23.8 Å². The number of carbonyl (C=O) groups is 1. The van der Waals surface area contributed by atoms with Crippen LogP contribution < -0.4 is 9.47 Å². The number of hydrogen-bond donors (Lipinski definition) is 1. The van der Waals surface area contributed by atoms with Crippen LogP contribution in [0.25, 0.3) is 0 Å². The molecule has 2 saturated heterocycles. The standard InChI is InChI=1S/C22H34N2O4/c1-21(2)10-13-23(14-11-21)16-22(26)9-6-12-24(20(22)25)15-17-7-5-8-18(27-3)19(17)28-4/h5,7-8,26H,6,9-16H2,1-4H3/t22-/m0/s1. The van der Waals surface area contributed by atoms with Gasteiger partial charge in [0.05, 0.1) is 14.2 Å². The van der Waals surface area contributed by atoms with E-state index in [1.807, 2.05) is 18.2 Å². The van der Waals surface area contributed by atoms with E-state index in [-0.39, 0.29) is 5.91 Å². The van der Waals surface area contributed by atoms with E-state index in [1.165, 1.54) is 0 Å². The van der Waals surface area contributed by atoms with Gasteiger partial charge < -0.3 is 19.5 Å². The molecule has 2 aliphatic rings. The van der Waals surface area contributed by atoms with Crippen LogP contribution in [0.5, 0.6) is 11.5 Å². The summed E-state index contributed by atoms with van der Waals surface area (Å²) in [5, 5.41) is 11.2. The zero-order valence-corrected chi connectivity index (χ0v) is 17.7. The zero-order chi connectivity index (χ0) is 20.4. The predicted molar refractivity (Wildman–Crippen MR) is 109 cm³/mol. The van der Waals surface area contributed by atoms with Gasteiger partial charge in [0.2, 0.25) is 0 Å². The second-order valence-electron chi connectivity index (χ2n) is 8.95. The summed E-state index contributed by atoms with van der Waals surface area (Å²) in [6, 6.07) is 5.68. The molecule has 6 heteroatoms. The molecule has 1 aromatic carbocycles. The van der Waals surface area contributed by atoms with Gasteiger partial charge in [0.15, 0.2) is 17.1 Å². The Morgan fingerprint density at radius 3 is 2.43 bits per heavy atom. The molecule has 1 atom stereocenters. The molecular formula is C22H34N2O4. The summed E-state index contributed by atoms with van der Waals surface area (Å²) >= 11 is 0. The number of amides is 1. The van der Waals surface area contributed by atoms with E-state index in [0.29, 0.717) is 43.0 Å². The second-order valence-corrected chi connectivity index (χ2v) is 8.95. The van der Waals surface area contributed by atoms with Crippen LogP contribution in [0.1, 0.15) is 45.1 Å². The van der Waals surface area contributed by atoms with E-state index in [9.17, 15) is 9.90 Å². The van der Waals surface area contributed by atoms with Crippen molar-refractivity contribution in [2.24, 2.45) is 5.41 Å². The molecule has 3 rings (SSSR count). The van der Waals surface area contributed by atoms with Crippen molar-refractivity contribution >= 4 is 5.91 Å². The van der Waals surface area contributed by atoms with E-state index >= 15 is 0 Å². The van der Waals surface area contributed by atoms with Gasteiger partial charge in [0, 0.05) is 25.2 Å². The minimum absolute atomic E-state index is 0.173. The highest BCUT2D eigenvalue weighted by Gasteiger charge is 2.44. The van der Waals surface area contributed by atoms with Crippen molar-refractivity contribution in [1.29, 1.82) is 0 Å². The Balaban J connectivity index is 1.70. The number of aliphatic hydroxyl groups is 1. The molecule has 0 spiro atoms. The molecule has 6 nitrogen and oxygen atoms in total. The van der Waals surface area contributed by atoms with Crippen molar-refractivity contribution in [2.45, 2.75) is 51.7 Å². The lowest BCUT2D eigenvalue weighted by Gasteiger charge is -2.44. The SMILES string of the molecule is COc1cccc(CN2CCC[C@](O)(CN3CCC(C)(C)CC3)C2=O)c1OC. The highest BCUT2D eigenvalue weighted by molar-refractivity contribution is 5.86. The number of hydrogen-bond acceptors (Lipinski definition) is 5. The maximum absolute atomic E-state index is 13.2. The fourth-order valence-electron chi connectivity index (χ4n) is 4.33. The number of ether oxygens (including phenoxy) is 2. The summed E-state index contributed by atoms with van der Waals surface area (Å²) in [5.74, 6) is 1.12. The molecule has 2 heterocycles. The maximum Gasteiger partial charge on any atom is 0.256 e. The number of piperidine rings is 2. The summed E-state index contributed by atoms with van der Waals surface area (Å²) in [6.07, 6.45) is 3.52. The Morgan fingerprint density at radius 1 is 1.07 bits per heavy atom. The van der Waals surface area contributed by atoms with Crippen molar-refractivity contribution in [1.82, 2.24) is 9.80 Å². The molecule has 1 amide bonds. The molecule has 0 aromatic heterocycles. The molecule has 0 radical (unpaired) electrons. The van der Waals surface area contributed by atoms with E-state index < -0.39 is 5.60 Å². The molecule has 0 unspecified atom stereocenters. The molecular weight excluding hydrogens is 356 g/mol. The number of likely N-dealkylation sites (tertiary alicyclic amines) is 2. The largest absolute Gasteiger partial charge is 0.493 e. The van der Waals surface area contributed by atoms with Crippen LogP contribution in [0, 0.1) is 5.41 Å². The lowest BCUT2D eigenvalue weighted by molar-refractivity contribution is -0.160. The lowest BCUT2D eigenvalue weighted by atomic mass is 9.81. The number of methoxy groups -OCH3 is 2. The van der Waals surface area contributed by atoms with E-state index in [2.05, 4.69) is 18.7 Å². The molecule has 0 bridgehead atoms. The summed E-state index contributed by atoms with van der Waals surface area (Å²) in [4.78, 5) is 17.2. The summed E-state index contributed by atoms with van der Waals surface area (Å²) in [6.45, 7) is 7.93. The van der Waals surface area contributed by atoms with Crippen LogP contribution in [0.15, 0.2) is 18.2 Å². The average Bonchev–Trinajstić information content (AvgIpc) is 2.67. The predicted octanol–water partition coefficient (Wildman–Crippen LogP) is 2.68. The topological polar surface area (TPSA) is 62.2 Å². The van der Waals surface area contributed by atoms with Crippen LogP contribution in [-0.4, -0.2) is 66.8 Å². The van der Waals surface area contributed by atoms with Gasteiger partial charge in [0.1, 0.15) is 0 Å². The Morgan fingerprint density at radius 2 is 1.79 bits per heavy atom. The molecule has 28 heavy (non-hydrogen) atoms. The quantitative estimate of drug-likeness (QED) is 0.809. The Labute approximate surface area is 168 Å². The van der Waals surface area contributed by atoms with Gasteiger partial charge in [-0.1, -0.05) is 26.0 Å². The fourth-order valence-corrected chi connectivity index (χ4v) is 4.33. The van der Waals surface area contributed by atoms with Crippen molar-refractivity contribution in [3.8, 4) is 11.5 Å². The molecule has 0 saturated carbocycles. The van der Waals surface area contributed by atoms with Crippen LogP contribution in [0.3, 0.4) is 0 Å². The number of nitrogens with zero attached hydrogens (tertiary/aromatic N) is 2. The first-order chi connectivity index (χ1) is 13.3. The summed E-state index contributed by atoms with van der Waals surface area (Å²) < 4.78 is 10.9. The molecule has 1 aromatic rings. The monoisotopic (exact) mass is 390 g/mol. The van der Waals surface area contributed by atoms with E-state index in [4.69, 9.17) is 9.47 Å². The minimum Gasteiger partial charge on any atom is -0.493 e. The van der Waals surface area contributed by atoms with Gasteiger partial charge in [-0.3, -0.25) is 9.69 Å². The van der Waals surface area contributed by atoms with Gasteiger partial charge in [-0.15, -0.1) is 0 Å². The second kappa shape index (κ2) is 8.29. The third kappa shape index (κ3) is 4.44. The van der Waals surface area contributed by atoms with Gasteiger partial charge in [0.25, 0.3) is 5.91 Å². The molecule has 0 aliphatic carbocycles. The first-order valence-corrected chi connectivity index (χ1v) is 10.2. The van der Waals surface area contributed by atoms with Gasteiger partial charge in [-0.2, -0.15) is 0 Å². The number of benzene rings is 1. The maximum atomic E-state index is 13.2. The van der Waals surface area contributed by atoms with Crippen LogP contribution in [0.2, 0.25) is 0 Å². The van der Waals surface area contributed by atoms with Crippen LogP contribution in [0.4, 0.5) is 0 Å². The first-order valence-electron chi connectivity index (χ1n) is 10.2. The zero-order valence-electron chi connectivity index (χ0n) is 17.7. The van der Waals surface area contributed by atoms with Gasteiger partial charge in [-0.05, 0) is 50.3 Å².